The molecule has 1 aliphatic rings. The van der Waals surface area contributed by atoms with Gasteiger partial charge in [-0.15, -0.1) is 0 Å². The summed E-state index contributed by atoms with van der Waals surface area (Å²) in [5.41, 5.74) is 1.84. The second-order valence-electron chi connectivity index (χ2n) is 5.18. The molecular formula is C13H20N4O3. The van der Waals surface area contributed by atoms with Gasteiger partial charge in [0.05, 0.1) is 23.8 Å². The van der Waals surface area contributed by atoms with Crippen LogP contribution in [0.3, 0.4) is 0 Å². The van der Waals surface area contributed by atoms with Gasteiger partial charge in [-0.2, -0.15) is 0 Å². The summed E-state index contributed by atoms with van der Waals surface area (Å²) in [6.45, 7) is 4.26. The molecule has 1 unspecified atom stereocenters. The van der Waals surface area contributed by atoms with E-state index >= 15 is 0 Å². The standard InChI is InChI=1S/C13H20N4O3/c1-3-7(2)11(13(19)20)17-12(18)9-4-8-10(5-14-9)16-6-15-8/h6-7,9,11,14H,3-5H2,1-2H3,(H,15,16)(H,17,18)(H,19,20)/t7-,9?,11-/m0/s1. The normalized spacial score (nSPS) is 20.8. The Morgan fingerprint density at radius 3 is 3.00 bits per heavy atom. The fraction of sp³-hybridized carbons (Fsp3) is 0.615. The van der Waals surface area contributed by atoms with Crippen LogP contribution in [0.5, 0.6) is 0 Å². The summed E-state index contributed by atoms with van der Waals surface area (Å²) >= 11 is 0. The fourth-order valence-electron chi connectivity index (χ4n) is 2.29. The lowest BCUT2D eigenvalue weighted by Gasteiger charge is -2.26. The zero-order valence-electron chi connectivity index (χ0n) is 11.6. The van der Waals surface area contributed by atoms with Crippen molar-refractivity contribution in [2.24, 2.45) is 5.92 Å². The van der Waals surface area contributed by atoms with E-state index in [0.29, 0.717) is 19.4 Å². The quantitative estimate of drug-likeness (QED) is 0.609. The van der Waals surface area contributed by atoms with E-state index in [2.05, 4.69) is 20.6 Å². The van der Waals surface area contributed by atoms with Gasteiger partial charge in [-0.25, -0.2) is 9.78 Å². The molecule has 3 atom stereocenters. The number of aromatic amines is 1. The Morgan fingerprint density at radius 2 is 2.35 bits per heavy atom. The minimum absolute atomic E-state index is 0.110. The van der Waals surface area contributed by atoms with E-state index in [0.717, 1.165) is 11.4 Å². The molecule has 1 aromatic heterocycles. The van der Waals surface area contributed by atoms with E-state index in [1.54, 1.807) is 6.33 Å². The van der Waals surface area contributed by atoms with Gasteiger partial charge in [-0.05, 0) is 5.92 Å². The number of amides is 1. The number of carbonyl (C=O) groups is 2. The van der Waals surface area contributed by atoms with Crippen LogP contribution in [0, 0.1) is 5.92 Å². The van der Waals surface area contributed by atoms with Gasteiger partial charge in [0.15, 0.2) is 0 Å². The minimum Gasteiger partial charge on any atom is -0.480 e. The highest BCUT2D eigenvalue weighted by molar-refractivity contribution is 5.87. The van der Waals surface area contributed by atoms with Crippen LogP contribution in [-0.4, -0.2) is 39.0 Å². The third kappa shape index (κ3) is 2.98. The van der Waals surface area contributed by atoms with Crippen molar-refractivity contribution in [1.82, 2.24) is 20.6 Å². The summed E-state index contributed by atoms with van der Waals surface area (Å²) in [5, 5.41) is 14.9. The Morgan fingerprint density at radius 1 is 1.60 bits per heavy atom. The summed E-state index contributed by atoms with van der Waals surface area (Å²) in [4.78, 5) is 30.6. The van der Waals surface area contributed by atoms with Gasteiger partial charge in [0.2, 0.25) is 5.91 Å². The lowest BCUT2D eigenvalue weighted by Crippen LogP contribution is -2.54. The Balaban J connectivity index is 2.00. The maximum atomic E-state index is 12.2. The summed E-state index contributed by atoms with van der Waals surface area (Å²) in [6, 6.07) is -1.29. The lowest BCUT2D eigenvalue weighted by molar-refractivity contribution is -0.143. The molecule has 0 spiro atoms. The highest BCUT2D eigenvalue weighted by Gasteiger charge is 2.31. The van der Waals surface area contributed by atoms with Crippen molar-refractivity contribution in [3.63, 3.8) is 0 Å². The van der Waals surface area contributed by atoms with Crippen LogP contribution in [0.4, 0.5) is 0 Å². The monoisotopic (exact) mass is 280 g/mol. The van der Waals surface area contributed by atoms with Crippen LogP contribution in [0.1, 0.15) is 31.7 Å². The van der Waals surface area contributed by atoms with Crippen LogP contribution < -0.4 is 10.6 Å². The molecule has 0 saturated carbocycles. The number of hydrogen-bond acceptors (Lipinski definition) is 4. The number of nitrogens with zero attached hydrogens (tertiary/aromatic N) is 1. The van der Waals surface area contributed by atoms with Gasteiger partial charge in [0, 0.05) is 13.0 Å². The van der Waals surface area contributed by atoms with Crippen molar-refractivity contribution in [3.05, 3.63) is 17.7 Å². The first-order valence-corrected chi connectivity index (χ1v) is 6.80. The molecule has 7 heteroatoms. The number of aliphatic carboxylic acids is 1. The molecule has 1 amide bonds. The zero-order chi connectivity index (χ0) is 14.7. The molecule has 0 radical (unpaired) electrons. The van der Waals surface area contributed by atoms with E-state index in [4.69, 9.17) is 0 Å². The smallest absolute Gasteiger partial charge is 0.326 e. The number of H-pyrrole nitrogens is 1. The molecule has 0 saturated heterocycles. The van der Waals surface area contributed by atoms with E-state index in [9.17, 15) is 14.7 Å². The van der Waals surface area contributed by atoms with Gasteiger partial charge in [0.1, 0.15) is 6.04 Å². The molecule has 110 valence electrons. The summed E-state index contributed by atoms with van der Waals surface area (Å²) in [5.74, 6) is -1.39. The molecule has 2 heterocycles. The summed E-state index contributed by atoms with van der Waals surface area (Å²) in [6.07, 6.45) is 2.77. The molecule has 0 aromatic carbocycles. The van der Waals surface area contributed by atoms with Gasteiger partial charge in [-0.1, -0.05) is 20.3 Å². The third-order valence-electron chi connectivity index (χ3n) is 3.82. The number of carbonyl (C=O) groups excluding carboxylic acids is 1. The lowest BCUT2D eigenvalue weighted by atomic mass is 9.98. The van der Waals surface area contributed by atoms with Crippen molar-refractivity contribution < 1.29 is 14.7 Å². The zero-order valence-corrected chi connectivity index (χ0v) is 11.6. The van der Waals surface area contributed by atoms with E-state index in [1.165, 1.54) is 0 Å². The van der Waals surface area contributed by atoms with Gasteiger partial charge in [-0.3, -0.25) is 10.1 Å². The molecule has 0 fully saturated rings. The predicted octanol–water partition coefficient (Wildman–Crippen LogP) is 0.0395. The van der Waals surface area contributed by atoms with Crippen molar-refractivity contribution in [2.45, 2.75) is 45.3 Å². The van der Waals surface area contributed by atoms with Crippen molar-refractivity contribution in [1.29, 1.82) is 0 Å². The molecule has 4 N–H and O–H groups in total. The average molecular weight is 280 g/mol. The van der Waals surface area contributed by atoms with E-state index in [-0.39, 0.29) is 11.8 Å². The highest BCUT2D eigenvalue weighted by atomic mass is 16.4. The molecular weight excluding hydrogens is 260 g/mol. The molecule has 1 aliphatic heterocycles. The number of rotatable bonds is 5. The number of aromatic nitrogens is 2. The second-order valence-corrected chi connectivity index (χ2v) is 5.18. The molecule has 0 aliphatic carbocycles. The SMILES string of the molecule is CC[C@H](C)[C@H](NC(=O)C1Cc2nc[nH]c2CN1)C(=O)O. The van der Waals surface area contributed by atoms with Crippen LogP contribution in [-0.2, 0) is 22.6 Å². The molecule has 7 nitrogen and oxygen atoms in total. The van der Waals surface area contributed by atoms with Crippen LogP contribution in [0.2, 0.25) is 0 Å². The second kappa shape index (κ2) is 6.04. The van der Waals surface area contributed by atoms with Gasteiger partial charge in [0.25, 0.3) is 0 Å². The number of fused-ring (bicyclic) bond motifs is 1. The molecule has 0 bridgehead atoms. The summed E-state index contributed by atoms with van der Waals surface area (Å²) < 4.78 is 0. The van der Waals surface area contributed by atoms with Crippen molar-refractivity contribution in [2.75, 3.05) is 0 Å². The predicted molar refractivity (Wildman–Crippen MR) is 71.9 cm³/mol. The first kappa shape index (κ1) is 14.5. The average Bonchev–Trinajstić information content (AvgIpc) is 2.90. The number of nitrogens with one attached hydrogen (secondary N) is 3. The summed E-state index contributed by atoms with van der Waals surface area (Å²) in [7, 11) is 0. The van der Waals surface area contributed by atoms with Gasteiger partial charge < -0.3 is 15.4 Å². The third-order valence-corrected chi connectivity index (χ3v) is 3.82. The first-order chi connectivity index (χ1) is 9.52. The van der Waals surface area contributed by atoms with Crippen LogP contribution in [0.25, 0.3) is 0 Å². The van der Waals surface area contributed by atoms with Crippen molar-refractivity contribution in [3.8, 4) is 0 Å². The number of carboxylic acid groups (broad SMARTS) is 1. The molecule has 2 rings (SSSR count). The Kier molecular flexibility index (Phi) is 4.39. The van der Waals surface area contributed by atoms with Gasteiger partial charge >= 0.3 is 5.97 Å². The Hall–Kier alpha value is -1.89. The van der Waals surface area contributed by atoms with Crippen LogP contribution >= 0.6 is 0 Å². The topological polar surface area (TPSA) is 107 Å². The first-order valence-electron chi connectivity index (χ1n) is 6.80. The van der Waals surface area contributed by atoms with Crippen molar-refractivity contribution >= 4 is 11.9 Å². The Bertz CT molecular complexity index is 500. The van der Waals surface area contributed by atoms with E-state index in [1.807, 2.05) is 13.8 Å². The molecule has 1 aromatic rings. The largest absolute Gasteiger partial charge is 0.480 e. The number of hydrogen-bond donors (Lipinski definition) is 4. The highest BCUT2D eigenvalue weighted by Crippen LogP contribution is 2.13. The Labute approximate surface area is 117 Å². The number of carboxylic acids is 1. The minimum atomic E-state index is -0.996. The number of imidazole rings is 1. The fourth-order valence-corrected chi connectivity index (χ4v) is 2.29. The maximum Gasteiger partial charge on any atom is 0.326 e. The van der Waals surface area contributed by atoms with E-state index < -0.39 is 18.1 Å². The maximum absolute atomic E-state index is 12.2. The van der Waals surface area contributed by atoms with Crippen LogP contribution in [0.15, 0.2) is 6.33 Å². The molecule has 20 heavy (non-hydrogen) atoms.